The molecule has 0 radical (unpaired) electrons. The van der Waals surface area contributed by atoms with E-state index in [1.807, 2.05) is 18.2 Å². The Morgan fingerprint density at radius 3 is 3.17 bits per heavy atom. The third kappa shape index (κ3) is 3.14. The number of aliphatic hydroxyl groups excluding tert-OH is 1. The number of hydrogen-bond donors (Lipinski definition) is 2. The first-order valence-electron chi connectivity index (χ1n) is 7.38. The number of benzene rings is 1. The lowest BCUT2D eigenvalue weighted by molar-refractivity contribution is 0.0913. The minimum absolute atomic E-state index is 0.108. The van der Waals surface area contributed by atoms with E-state index in [1.54, 1.807) is 13.2 Å². The number of nitrogens with zero attached hydrogens (tertiary/aromatic N) is 2. The maximum atomic E-state index is 12.2. The minimum Gasteiger partial charge on any atom is -0.493 e. The van der Waals surface area contributed by atoms with E-state index in [0.29, 0.717) is 12.2 Å². The summed E-state index contributed by atoms with van der Waals surface area (Å²) in [6, 6.07) is 5.59. The normalized spacial score (nSPS) is 14.0. The lowest BCUT2D eigenvalue weighted by Gasteiger charge is -2.13. The molecule has 23 heavy (non-hydrogen) atoms. The van der Waals surface area contributed by atoms with Gasteiger partial charge in [-0.3, -0.25) is 9.48 Å². The van der Waals surface area contributed by atoms with Crippen molar-refractivity contribution in [1.82, 2.24) is 15.1 Å². The topological polar surface area (TPSA) is 85.6 Å². The largest absolute Gasteiger partial charge is 0.493 e. The summed E-state index contributed by atoms with van der Waals surface area (Å²) in [6.07, 6.45) is 1.63. The average Bonchev–Trinajstić information content (AvgIpc) is 3.17. The summed E-state index contributed by atoms with van der Waals surface area (Å²) in [5, 5.41) is 17.0. The minimum atomic E-state index is -0.785. The second kappa shape index (κ2) is 6.29. The number of aliphatic hydroxyl groups is 1. The van der Waals surface area contributed by atoms with Crippen LogP contribution in [-0.4, -0.2) is 41.1 Å². The van der Waals surface area contributed by atoms with Crippen molar-refractivity contribution in [3.8, 4) is 11.6 Å². The molecule has 0 fully saturated rings. The van der Waals surface area contributed by atoms with Crippen LogP contribution in [0, 0.1) is 0 Å². The Morgan fingerprint density at radius 2 is 2.39 bits per heavy atom. The van der Waals surface area contributed by atoms with Gasteiger partial charge in [-0.05, 0) is 23.3 Å². The number of ether oxygens (including phenoxy) is 2. The first-order chi connectivity index (χ1) is 11.1. The Morgan fingerprint density at radius 1 is 1.57 bits per heavy atom. The maximum absolute atomic E-state index is 12.2. The number of aromatic nitrogens is 2. The summed E-state index contributed by atoms with van der Waals surface area (Å²) in [4.78, 5) is 12.2. The third-order valence-corrected chi connectivity index (χ3v) is 3.79. The van der Waals surface area contributed by atoms with Gasteiger partial charge in [-0.15, -0.1) is 5.10 Å². The lowest BCUT2D eigenvalue weighted by Crippen LogP contribution is -2.28. The fourth-order valence-electron chi connectivity index (χ4n) is 2.59. The summed E-state index contributed by atoms with van der Waals surface area (Å²) < 4.78 is 12.0. The fraction of sp³-hybridized carbons (Fsp3) is 0.375. The van der Waals surface area contributed by atoms with Gasteiger partial charge < -0.3 is 19.9 Å². The van der Waals surface area contributed by atoms with Crippen LogP contribution in [-0.2, 0) is 13.5 Å². The number of methoxy groups -OCH3 is 1. The molecule has 0 bridgehead atoms. The average molecular weight is 317 g/mol. The Bertz CT molecular complexity index is 726. The fourth-order valence-corrected chi connectivity index (χ4v) is 2.59. The molecule has 1 aliphatic heterocycles. The summed E-state index contributed by atoms with van der Waals surface area (Å²) in [5.41, 5.74) is 2.18. The molecule has 0 spiro atoms. The zero-order valence-corrected chi connectivity index (χ0v) is 13.1. The van der Waals surface area contributed by atoms with Crippen LogP contribution in [0.1, 0.15) is 27.6 Å². The molecular formula is C16H19N3O4. The van der Waals surface area contributed by atoms with Crippen LogP contribution < -0.4 is 14.8 Å². The predicted octanol–water partition coefficient (Wildman–Crippen LogP) is 0.827. The molecule has 2 aromatic rings. The maximum Gasteiger partial charge on any atom is 0.258 e. The Kier molecular flexibility index (Phi) is 4.20. The quantitative estimate of drug-likeness (QED) is 0.853. The van der Waals surface area contributed by atoms with Gasteiger partial charge in [-0.2, -0.15) is 0 Å². The van der Waals surface area contributed by atoms with E-state index in [9.17, 15) is 9.90 Å². The number of amides is 1. The van der Waals surface area contributed by atoms with Gasteiger partial charge in [-0.1, -0.05) is 6.07 Å². The second-order valence-corrected chi connectivity index (χ2v) is 5.42. The van der Waals surface area contributed by atoms with Crippen LogP contribution in [0.15, 0.2) is 24.4 Å². The SMILES string of the molecule is COc1nn(C)cc1C(=O)NC[C@@H](O)c1ccc2c(c1)CCO2. The molecule has 1 amide bonds. The van der Waals surface area contributed by atoms with Crippen molar-refractivity contribution in [1.29, 1.82) is 0 Å². The first-order valence-corrected chi connectivity index (χ1v) is 7.38. The Balaban J connectivity index is 1.64. The van der Waals surface area contributed by atoms with Crippen LogP contribution in [0.2, 0.25) is 0 Å². The van der Waals surface area contributed by atoms with Gasteiger partial charge in [0, 0.05) is 26.2 Å². The highest BCUT2D eigenvalue weighted by molar-refractivity contribution is 5.96. The number of carbonyl (C=O) groups excluding carboxylic acids is 1. The van der Waals surface area contributed by atoms with Gasteiger partial charge in [0.25, 0.3) is 5.91 Å². The van der Waals surface area contributed by atoms with Crippen LogP contribution >= 0.6 is 0 Å². The molecule has 0 unspecified atom stereocenters. The van der Waals surface area contributed by atoms with E-state index in [-0.39, 0.29) is 18.3 Å². The van der Waals surface area contributed by atoms with E-state index in [2.05, 4.69) is 10.4 Å². The Hall–Kier alpha value is -2.54. The zero-order valence-electron chi connectivity index (χ0n) is 13.1. The summed E-state index contributed by atoms with van der Waals surface area (Å²) in [5.74, 6) is 0.790. The van der Waals surface area contributed by atoms with E-state index in [1.165, 1.54) is 11.8 Å². The first kappa shape index (κ1) is 15.4. The van der Waals surface area contributed by atoms with Crippen LogP contribution in [0.4, 0.5) is 0 Å². The van der Waals surface area contributed by atoms with Gasteiger partial charge >= 0.3 is 0 Å². The predicted molar refractivity (Wildman–Crippen MR) is 82.7 cm³/mol. The van der Waals surface area contributed by atoms with Crippen LogP contribution in [0.25, 0.3) is 0 Å². The summed E-state index contributed by atoms with van der Waals surface area (Å²) in [7, 11) is 3.17. The number of aryl methyl sites for hydroxylation is 1. The second-order valence-electron chi connectivity index (χ2n) is 5.42. The molecule has 0 saturated heterocycles. The van der Waals surface area contributed by atoms with Crippen LogP contribution in [0.5, 0.6) is 11.6 Å². The van der Waals surface area contributed by atoms with Crippen molar-refractivity contribution in [2.75, 3.05) is 20.3 Å². The number of fused-ring (bicyclic) bond motifs is 1. The highest BCUT2D eigenvalue weighted by Gasteiger charge is 2.19. The number of nitrogens with one attached hydrogen (secondary N) is 1. The molecule has 7 heteroatoms. The van der Waals surface area contributed by atoms with Crippen molar-refractivity contribution >= 4 is 5.91 Å². The van der Waals surface area contributed by atoms with Crippen molar-refractivity contribution < 1.29 is 19.4 Å². The molecule has 0 saturated carbocycles. The highest BCUT2D eigenvalue weighted by Crippen LogP contribution is 2.28. The van der Waals surface area contributed by atoms with Gasteiger partial charge in [0.1, 0.15) is 11.3 Å². The monoisotopic (exact) mass is 317 g/mol. The highest BCUT2D eigenvalue weighted by atomic mass is 16.5. The standard InChI is InChI=1S/C16H19N3O4/c1-19-9-12(16(18-19)22-2)15(21)17-8-13(20)10-3-4-14-11(7-10)5-6-23-14/h3-4,7,9,13,20H,5-6,8H2,1-2H3,(H,17,21)/t13-/m1/s1. The van der Waals surface area contributed by atoms with Gasteiger partial charge in [0.05, 0.1) is 19.8 Å². The molecule has 7 nitrogen and oxygen atoms in total. The molecule has 3 rings (SSSR count). The summed E-state index contributed by atoms with van der Waals surface area (Å²) in [6.45, 7) is 0.781. The molecule has 0 aliphatic carbocycles. The zero-order chi connectivity index (χ0) is 16.4. The van der Waals surface area contributed by atoms with Crippen molar-refractivity contribution in [3.63, 3.8) is 0 Å². The lowest BCUT2D eigenvalue weighted by atomic mass is 10.0. The molecule has 2 heterocycles. The van der Waals surface area contributed by atoms with Gasteiger partial charge in [0.2, 0.25) is 5.88 Å². The molecule has 2 N–H and O–H groups in total. The van der Waals surface area contributed by atoms with E-state index in [0.717, 1.165) is 23.3 Å². The smallest absolute Gasteiger partial charge is 0.258 e. The van der Waals surface area contributed by atoms with E-state index >= 15 is 0 Å². The molecule has 1 atom stereocenters. The van der Waals surface area contributed by atoms with Crippen LogP contribution in [0.3, 0.4) is 0 Å². The molecule has 1 aliphatic rings. The molecule has 122 valence electrons. The van der Waals surface area contributed by atoms with Gasteiger partial charge in [-0.25, -0.2) is 0 Å². The van der Waals surface area contributed by atoms with Crippen molar-refractivity contribution in [3.05, 3.63) is 41.1 Å². The van der Waals surface area contributed by atoms with Crippen molar-refractivity contribution in [2.45, 2.75) is 12.5 Å². The number of carbonyl (C=O) groups is 1. The van der Waals surface area contributed by atoms with E-state index < -0.39 is 6.10 Å². The Labute approximate surface area is 133 Å². The van der Waals surface area contributed by atoms with Crippen molar-refractivity contribution in [2.24, 2.45) is 7.05 Å². The number of rotatable bonds is 5. The molecule has 1 aromatic heterocycles. The number of hydrogen-bond acceptors (Lipinski definition) is 5. The van der Waals surface area contributed by atoms with E-state index in [4.69, 9.17) is 9.47 Å². The van der Waals surface area contributed by atoms with Gasteiger partial charge in [0.15, 0.2) is 0 Å². The molecule has 1 aromatic carbocycles. The third-order valence-electron chi connectivity index (χ3n) is 3.79. The summed E-state index contributed by atoms with van der Waals surface area (Å²) >= 11 is 0. The molecular weight excluding hydrogens is 298 g/mol.